The number of anilines is 1. The molecule has 3 aromatic carbocycles. The number of nitrogens with zero attached hydrogens (tertiary/aromatic N) is 1. The fraction of sp³-hybridized carbons (Fsp3) is 0.214. The summed E-state index contributed by atoms with van der Waals surface area (Å²) >= 11 is 3.46. The molecule has 0 aromatic heterocycles. The molecule has 7 heteroatoms. The standard InChI is InChI=1S/C28H26BrNO5/c1-4-34-22-14-12-20(16-23(22)35-5-2)30-25(18-9-7-6-8-10-18)24(27(32)28(30)33)26(31)19-11-13-21(29)17(3)15-19/h6-16,25,31H,4-5H2,1-3H3/b26-24+. The smallest absolute Gasteiger partial charge is 0.300 e. The molecule has 1 heterocycles. The maximum absolute atomic E-state index is 13.4. The third kappa shape index (κ3) is 4.68. The number of carbonyl (C=O) groups excluding carboxylic acids is 2. The van der Waals surface area contributed by atoms with Crippen molar-refractivity contribution in [2.45, 2.75) is 26.8 Å². The number of hydrogen-bond acceptors (Lipinski definition) is 5. The molecule has 180 valence electrons. The van der Waals surface area contributed by atoms with E-state index in [-0.39, 0.29) is 11.3 Å². The van der Waals surface area contributed by atoms with Crippen LogP contribution in [0.25, 0.3) is 5.76 Å². The van der Waals surface area contributed by atoms with E-state index in [9.17, 15) is 14.7 Å². The normalized spacial score (nSPS) is 17.0. The van der Waals surface area contributed by atoms with E-state index >= 15 is 0 Å². The first-order chi connectivity index (χ1) is 16.9. The molecule has 1 aliphatic rings. The van der Waals surface area contributed by atoms with Crippen LogP contribution in [0.1, 0.15) is 36.6 Å². The summed E-state index contributed by atoms with van der Waals surface area (Å²) in [5, 5.41) is 11.3. The summed E-state index contributed by atoms with van der Waals surface area (Å²) in [6, 6.07) is 18.8. The van der Waals surface area contributed by atoms with Gasteiger partial charge in [0.25, 0.3) is 11.7 Å². The number of rotatable bonds is 7. The highest BCUT2D eigenvalue weighted by Crippen LogP contribution is 2.44. The summed E-state index contributed by atoms with van der Waals surface area (Å²) in [6.07, 6.45) is 0. The number of benzene rings is 3. The van der Waals surface area contributed by atoms with Crippen molar-refractivity contribution in [3.63, 3.8) is 0 Å². The minimum atomic E-state index is -0.812. The van der Waals surface area contributed by atoms with Gasteiger partial charge in [0, 0.05) is 21.8 Å². The second-order valence-corrected chi connectivity index (χ2v) is 8.90. The summed E-state index contributed by atoms with van der Waals surface area (Å²) in [5.74, 6) is -0.656. The van der Waals surface area contributed by atoms with Crippen molar-refractivity contribution in [2.75, 3.05) is 18.1 Å². The number of Topliss-reactive ketones (excluding diaryl/α,β-unsaturated/α-hetero) is 1. The lowest BCUT2D eigenvalue weighted by atomic mass is 9.94. The van der Waals surface area contributed by atoms with Crippen LogP contribution in [0.5, 0.6) is 11.5 Å². The van der Waals surface area contributed by atoms with Gasteiger partial charge in [-0.2, -0.15) is 0 Å². The maximum atomic E-state index is 13.4. The van der Waals surface area contributed by atoms with Crippen molar-refractivity contribution in [1.82, 2.24) is 0 Å². The van der Waals surface area contributed by atoms with Crippen molar-refractivity contribution in [3.05, 3.63) is 93.5 Å². The summed E-state index contributed by atoms with van der Waals surface area (Å²) in [5.41, 5.74) is 2.57. The highest BCUT2D eigenvalue weighted by atomic mass is 79.9. The first-order valence-electron chi connectivity index (χ1n) is 11.4. The summed E-state index contributed by atoms with van der Waals surface area (Å²) in [7, 11) is 0. The summed E-state index contributed by atoms with van der Waals surface area (Å²) < 4.78 is 12.3. The number of amides is 1. The number of ether oxygens (including phenoxy) is 2. The zero-order valence-corrected chi connectivity index (χ0v) is 21.3. The van der Waals surface area contributed by atoms with Gasteiger partial charge in [0.2, 0.25) is 0 Å². The van der Waals surface area contributed by atoms with E-state index < -0.39 is 17.7 Å². The fourth-order valence-corrected chi connectivity index (χ4v) is 4.43. The Morgan fingerprint density at radius 1 is 0.943 bits per heavy atom. The molecule has 0 spiro atoms. The Labute approximate surface area is 212 Å². The van der Waals surface area contributed by atoms with Gasteiger partial charge >= 0.3 is 0 Å². The van der Waals surface area contributed by atoms with E-state index in [0.717, 1.165) is 10.0 Å². The Hall–Kier alpha value is -3.58. The molecule has 3 aromatic rings. The molecule has 4 rings (SSSR count). The van der Waals surface area contributed by atoms with Gasteiger partial charge in [-0.3, -0.25) is 14.5 Å². The number of aliphatic hydroxyl groups excluding tert-OH is 1. The van der Waals surface area contributed by atoms with E-state index in [4.69, 9.17) is 9.47 Å². The molecule has 1 amide bonds. The minimum absolute atomic E-state index is 0.0368. The topological polar surface area (TPSA) is 76.1 Å². The van der Waals surface area contributed by atoms with E-state index in [0.29, 0.717) is 41.5 Å². The number of aryl methyl sites for hydroxylation is 1. The SMILES string of the molecule is CCOc1ccc(N2C(=O)C(=O)/C(=C(/O)c3ccc(Br)c(C)c3)C2c2ccccc2)cc1OCC. The van der Waals surface area contributed by atoms with Crippen LogP contribution in [-0.2, 0) is 9.59 Å². The van der Waals surface area contributed by atoms with Crippen LogP contribution in [0.4, 0.5) is 5.69 Å². The van der Waals surface area contributed by atoms with Gasteiger partial charge in [0.15, 0.2) is 11.5 Å². The Morgan fingerprint density at radius 3 is 2.29 bits per heavy atom. The number of halogens is 1. The quantitative estimate of drug-likeness (QED) is 0.222. The fourth-order valence-electron chi connectivity index (χ4n) is 4.19. The molecular weight excluding hydrogens is 510 g/mol. The van der Waals surface area contributed by atoms with Crippen LogP contribution >= 0.6 is 15.9 Å². The Morgan fingerprint density at radius 2 is 1.63 bits per heavy atom. The molecule has 6 nitrogen and oxygen atoms in total. The molecule has 0 saturated carbocycles. The van der Waals surface area contributed by atoms with Crippen molar-refractivity contribution < 1.29 is 24.2 Å². The second kappa shape index (κ2) is 10.4. The van der Waals surface area contributed by atoms with E-state index in [2.05, 4.69) is 15.9 Å². The first-order valence-corrected chi connectivity index (χ1v) is 12.2. The predicted octanol–water partition coefficient (Wildman–Crippen LogP) is 6.18. The first kappa shape index (κ1) is 24.5. The molecular formula is C28H26BrNO5. The number of ketones is 1. The van der Waals surface area contributed by atoms with Crippen molar-refractivity contribution in [3.8, 4) is 11.5 Å². The molecule has 35 heavy (non-hydrogen) atoms. The lowest BCUT2D eigenvalue weighted by Gasteiger charge is -2.26. The van der Waals surface area contributed by atoms with Gasteiger partial charge in [-0.25, -0.2) is 0 Å². The lowest BCUT2D eigenvalue weighted by molar-refractivity contribution is -0.132. The van der Waals surface area contributed by atoms with E-state index in [1.807, 2.05) is 51.1 Å². The maximum Gasteiger partial charge on any atom is 0.300 e. The zero-order chi connectivity index (χ0) is 25.1. The highest BCUT2D eigenvalue weighted by molar-refractivity contribution is 9.10. The lowest BCUT2D eigenvalue weighted by Crippen LogP contribution is -2.29. The molecule has 0 aliphatic carbocycles. The van der Waals surface area contributed by atoms with Gasteiger partial charge in [-0.1, -0.05) is 52.3 Å². The monoisotopic (exact) mass is 535 g/mol. The molecule has 1 aliphatic heterocycles. The molecule has 0 radical (unpaired) electrons. The molecule has 1 atom stereocenters. The van der Waals surface area contributed by atoms with Crippen LogP contribution in [0.3, 0.4) is 0 Å². The van der Waals surface area contributed by atoms with Gasteiger partial charge in [0.1, 0.15) is 5.76 Å². The Kier molecular flexibility index (Phi) is 7.26. The van der Waals surface area contributed by atoms with E-state index in [1.54, 1.807) is 36.4 Å². The van der Waals surface area contributed by atoms with Crippen LogP contribution < -0.4 is 14.4 Å². The second-order valence-electron chi connectivity index (χ2n) is 8.04. The third-order valence-electron chi connectivity index (χ3n) is 5.80. The predicted molar refractivity (Wildman–Crippen MR) is 139 cm³/mol. The van der Waals surface area contributed by atoms with Gasteiger partial charge in [0.05, 0.1) is 24.8 Å². The van der Waals surface area contributed by atoms with Crippen LogP contribution in [0.2, 0.25) is 0 Å². The average Bonchev–Trinajstić information content (AvgIpc) is 3.12. The Balaban J connectivity index is 1.91. The molecule has 1 saturated heterocycles. The molecule has 0 bridgehead atoms. The van der Waals surface area contributed by atoms with Crippen LogP contribution in [-0.4, -0.2) is 30.0 Å². The molecule has 1 unspecified atom stereocenters. The van der Waals surface area contributed by atoms with Gasteiger partial charge in [-0.15, -0.1) is 0 Å². The van der Waals surface area contributed by atoms with Crippen LogP contribution in [0.15, 0.2) is 76.8 Å². The number of hydrogen-bond donors (Lipinski definition) is 1. The van der Waals surface area contributed by atoms with Gasteiger partial charge < -0.3 is 14.6 Å². The minimum Gasteiger partial charge on any atom is -0.507 e. The number of aliphatic hydroxyl groups is 1. The van der Waals surface area contributed by atoms with Crippen molar-refractivity contribution in [1.29, 1.82) is 0 Å². The van der Waals surface area contributed by atoms with Crippen LogP contribution in [0, 0.1) is 6.92 Å². The zero-order valence-electron chi connectivity index (χ0n) is 19.7. The van der Waals surface area contributed by atoms with Crippen molar-refractivity contribution in [2.24, 2.45) is 0 Å². The summed E-state index contributed by atoms with van der Waals surface area (Å²) in [6.45, 7) is 6.50. The average molecular weight is 536 g/mol. The largest absolute Gasteiger partial charge is 0.507 e. The van der Waals surface area contributed by atoms with Crippen molar-refractivity contribution >= 4 is 39.1 Å². The van der Waals surface area contributed by atoms with Gasteiger partial charge in [-0.05, 0) is 56.2 Å². The molecule has 1 fully saturated rings. The molecule has 1 N–H and O–H groups in total. The highest BCUT2D eigenvalue weighted by Gasteiger charge is 2.47. The third-order valence-corrected chi connectivity index (χ3v) is 6.69. The Bertz CT molecular complexity index is 1300. The van der Waals surface area contributed by atoms with E-state index in [1.165, 1.54) is 4.90 Å². The summed E-state index contributed by atoms with van der Waals surface area (Å²) in [4.78, 5) is 28.1. The number of carbonyl (C=O) groups is 2.